The summed E-state index contributed by atoms with van der Waals surface area (Å²) < 4.78 is 12.8. The number of benzene rings is 1. The maximum atomic E-state index is 12.8. The summed E-state index contributed by atoms with van der Waals surface area (Å²) in [6.07, 6.45) is 2.82. The molecule has 1 unspecified atom stereocenters. The van der Waals surface area contributed by atoms with Crippen molar-refractivity contribution in [2.24, 2.45) is 11.7 Å². The van der Waals surface area contributed by atoms with Crippen LogP contribution >= 0.6 is 0 Å². The molecule has 0 aliphatic carbocycles. The number of nitrogens with one attached hydrogen (secondary N) is 1. The monoisotopic (exact) mass is 307 g/mol. The van der Waals surface area contributed by atoms with Gasteiger partial charge in [0.05, 0.1) is 6.42 Å². The maximum absolute atomic E-state index is 12.8. The van der Waals surface area contributed by atoms with E-state index in [1.807, 2.05) is 0 Å². The molecule has 0 saturated carbocycles. The standard InChI is InChI=1S/C16H22FN3O2/c17-14-3-1-12(2-4-14)9-16(22)19-10-15(18)13-5-7-20(11-21)8-6-13/h1-4,11,13,15H,5-10,18H2,(H,19,22). The van der Waals surface area contributed by atoms with Crippen molar-refractivity contribution in [3.8, 4) is 0 Å². The molecule has 0 bridgehead atoms. The van der Waals surface area contributed by atoms with Crippen LogP contribution in [0.4, 0.5) is 4.39 Å². The highest BCUT2D eigenvalue weighted by molar-refractivity contribution is 5.78. The first-order chi connectivity index (χ1) is 10.6. The normalized spacial score (nSPS) is 17.1. The lowest BCUT2D eigenvalue weighted by molar-refractivity contribution is -0.120. The minimum atomic E-state index is -0.312. The Morgan fingerprint density at radius 1 is 1.36 bits per heavy atom. The Morgan fingerprint density at radius 3 is 2.59 bits per heavy atom. The lowest BCUT2D eigenvalue weighted by Crippen LogP contribution is -2.46. The number of nitrogens with zero attached hydrogens (tertiary/aromatic N) is 1. The number of halogens is 1. The van der Waals surface area contributed by atoms with Crippen molar-refractivity contribution in [3.05, 3.63) is 35.6 Å². The van der Waals surface area contributed by atoms with Gasteiger partial charge in [-0.05, 0) is 36.5 Å². The molecule has 1 atom stereocenters. The number of carbonyl (C=O) groups is 2. The molecule has 1 aliphatic rings. The smallest absolute Gasteiger partial charge is 0.224 e. The number of hydrogen-bond acceptors (Lipinski definition) is 3. The average Bonchev–Trinajstić information content (AvgIpc) is 2.55. The Bertz CT molecular complexity index is 499. The summed E-state index contributed by atoms with van der Waals surface area (Å²) in [5.74, 6) is -0.109. The highest BCUT2D eigenvalue weighted by Gasteiger charge is 2.23. The molecule has 0 radical (unpaired) electrons. The van der Waals surface area contributed by atoms with Crippen molar-refractivity contribution in [1.29, 1.82) is 0 Å². The molecular weight excluding hydrogens is 285 g/mol. The maximum Gasteiger partial charge on any atom is 0.224 e. The second-order valence-corrected chi connectivity index (χ2v) is 5.75. The zero-order valence-corrected chi connectivity index (χ0v) is 12.5. The number of hydrogen-bond donors (Lipinski definition) is 2. The summed E-state index contributed by atoms with van der Waals surface area (Å²) in [4.78, 5) is 24.3. The molecule has 1 aromatic rings. The van der Waals surface area contributed by atoms with Gasteiger partial charge in [-0.15, -0.1) is 0 Å². The van der Waals surface area contributed by atoms with E-state index in [0.29, 0.717) is 12.5 Å². The Kier molecular flexibility index (Phi) is 5.89. The van der Waals surface area contributed by atoms with E-state index in [1.54, 1.807) is 17.0 Å². The Morgan fingerprint density at radius 2 is 2.00 bits per heavy atom. The van der Waals surface area contributed by atoms with E-state index in [9.17, 15) is 14.0 Å². The van der Waals surface area contributed by atoms with E-state index in [-0.39, 0.29) is 24.2 Å². The van der Waals surface area contributed by atoms with Gasteiger partial charge in [-0.1, -0.05) is 12.1 Å². The molecule has 0 spiro atoms. The van der Waals surface area contributed by atoms with Gasteiger partial charge in [0.2, 0.25) is 12.3 Å². The van der Waals surface area contributed by atoms with Crippen LogP contribution in [-0.2, 0) is 16.0 Å². The first kappa shape index (κ1) is 16.4. The number of piperidine rings is 1. The highest BCUT2D eigenvalue weighted by atomic mass is 19.1. The second kappa shape index (κ2) is 7.89. The lowest BCUT2D eigenvalue weighted by atomic mass is 9.90. The first-order valence-electron chi connectivity index (χ1n) is 7.54. The summed E-state index contributed by atoms with van der Waals surface area (Å²) in [5, 5.41) is 2.83. The minimum absolute atomic E-state index is 0.106. The molecule has 6 heteroatoms. The molecule has 1 aromatic carbocycles. The molecule has 3 N–H and O–H groups in total. The van der Waals surface area contributed by atoms with Crippen LogP contribution in [0, 0.1) is 11.7 Å². The average molecular weight is 307 g/mol. The van der Waals surface area contributed by atoms with Crippen molar-refractivity contribution in [2.45, 2.75) is 25.3 Å². The fourth-order valence-corrected chi connectivity index (χ4v) is 2.70. The topological polar surface area (TPSA) is 75.4 Å². The predicted molar refractivity (Wildman–Crippen MR) is 81.5 cm³/mol. The third-order valence-electron chi connectivity index (χ3n) is 4.14. The molecular formula is C16H22FN3O2. The van der Waals surface area contributed by atoms with Crippen LogP contribution in [0.5, 0.6) is 0 Å². The van der Waals surface area contributed by atoms with Gasteiger partial charge in [0.15, 0.2) is 0 Å². The van der Waals surface area contributed by atoms with Crippen molar-refractivity contribution in [2.75, 3.05) is 19.6 Å². The van der Waals surface area contributed by atoms with Crippen LogP contribution in [0.3, 0.4) is 0 Å². The van der Waals surface area contributed by atoms with Crippen LogP contribution in [0.1, 0.15) is 18.4 Å². The van der Waals surface area contributed by atoms with Crippen molar-refractivity contribution < 1.29 is 14.0 Å². The molecule has 1 aliphatic heterocycles. The lowest BCUT2D eigenvalue weighted by Gasteiger charge is -2.32. The minimum Gasteiger partial charge on any atom is -0.354 e. The van der Waals surface area contributed by atoms with Crippen LogP contribution in [-0.4, -0.2) is 42.9 Å². The van der Waals surface area contributed by atoms with E-state index in [4.69, 9.17) is 5.73 Å². The zero-order chi connectivity index (χ0) is 15.9. The fourth-order valence-electron chi connectivity index (χ4n) is 2.70. The SMILES string of the molecule is NC(CNC(=O)Cc1ccc(F)cc1)C1CCN(C=O)CC1. The number of amides is 2. The van der Waals surface area contributed by atoms with E-state index >= 15 is 0 Å². The van der Waals surface area contributed by atoms with Gasteiger partial charge < -0.3 is 16.0 Å². The predicted octanol–water partition coefficient (Wildman–Crippen LogP) is 0.680. The molecule has 2 rings (SSSR count). The van der Waals surface area contributed by atoms with Gasteiger partial charge >= 0.3 is 0 Å². The number of likely N-dealkylation sites (tertiary alicyclic amines) is 1. The summed E-state index contributed by atoms with van der Waals surface area (Å²) >= 11 is 0. The molecule has 0 aromatic heterocycles. The summed E-state index contributed by atoms with van der Waals surface area (Å²) in [5.41, 5.74) is 6.90. The Labute approximate surface area is 129 Å². The number of rotatable bonds is 6. The van der Waals surface area contributed by atoms with Gasteiger partial charge in [0, 0.05) is 25.7 Å². The van der Waals surface area contributed by atoms with Crippen LogP contribution in [0.25, 0.3) is 0 Å². The van der Waals surface area contributed by atoms with E-state index < -0.39 is 0 Å². The first-order valence-corrected chi connectivity index (χ1v) is 7.54. The van der Waals surface area contributed by atoms with Gasteiger partial charge in [0.25, 0.3) is 0 Å². The van der Waals surface area contributed by atoms with Gasteiger partial charge in [-0.25, -0.2) is 4.39 Å². The van der Waals surface area contributed by atoms with E-state index in [2.05, 4.69) is 5.32 Å². The molecule has 1 saturated heterocycles. The highest BCUT2D eigenvalue weighted by Crippen LogP contribution is 2.18. The fraction of sp³-hybridized carbons (Fsp3) is 0.500. The molecule has 120 valence electrons. The molecule has 1 heterocycles. The van der Waals surface area contributed by atoms with Gasteiger partial charge in [0.1, 0.15) is 5.82 Å². The second-order valence-electron chi connectivity index (χ2n) is 5.75. The molecule has 1 fully saturated rings. The number of carbonyl (C=O) groups excluding carboxylic acids is 2. The van der Waals surface area contributed by atoms with E-state index in [0.717, 1.165) is 37.9 Å². The van der Waals surface area contributed by atoms with E-state index in [1.165, 1.54) is 12.1 Å². The quantitative estimate of drug-likeness (QED) is 0.759. The number of nitrogens with two attached hydrogens (primary N) is 1. The van der Waals surface area contributed by atoms with Crippen LogP contribution in [0.2, 0.25) is 0 Å². The van der Waals surface area contributed by atoms with Crippen LogP contribution < -0.4 is 11.1 Å². The van der Waals surface area contributed by atoms with Crippen molar-refractivity contribution in [1.82, 2.24) is 10.2 Å². The summed E-state index contributed by atoms with van der Waals surface area (Å²) in [6, 6.07) is 5.78. The molecule has 5 nitrogen and oxygen atoms in total. The Balaban J connectivity index is 1.71. The largest absolute Gasteiger partial charge is 0.354 e. The molecule has 2 amide bonds. The molecule has 22 heavy (non-hydrogen) atoms. The third kappa shape index (κ3) is 4.80. The summed E-state index contributed by atoms with van der Waals surface area (Å²) in [6.45, 7) is 1.88. The van der Waals surface area contributed by atoms with Gasteiger partial charge in [-0.3, -0.25) is 9.59 Å². The van der Waals surface area contributed by atoms with Crippen LogP contribution in [0.15, 0.2) is 24.3 Å². The zero-order valence-electron chi connectivity index (χ0n) is 12.5. The summed E-state index contributed by atoms with van der Waals surface area (Å²) in [7, 11) is 0. The van der Waals surface area contributed by atoms with Gasteiger partial charge in [-0.2, -0.15) is 0 Å². The third-order valence-corrected chi connectivity index (χ3v) is 4.14. The van der Waals surface area contributed by atoms with Crippen molar-refractivity contribution >= 4 is 12.3 Å². The Hall–Kier alpha value is -1.95. The van der Waals surface area contributed by atoms with Crippen molar-refractivity contribution in [3.63, 3.8) is 0 Å².